The van der Waals surface area contributed by atoms with Gasteiger partial charge in [0.05, 0.1) is 23.2 Å². The number of hydrogen-bond acceptors (Lipinski definition) is 4. The smallest absolute Gasteiger partial charge is 0.255 e. The molecular weight excluding hydrogens is 320 g/mol. The van der Waals surface area contributed by atoms with E-state index in [1.54, 1.807) is 16.0 Å². The molecule has 124 valence electrons. The van der Waals surface area contributed by atoms with Crippen molar-refractivity contribution in [3.05, 3.63) is 45.4 Å². The molecule has 4 rings (SSSR count). The van der Waals surface area contributed by atoms with Crippen molar-refractivity contribution in [2.75, 3.05) is 0 Å². The molecular formula is C18H20N4OS. The van der Waals surface area contributed by atoms with E-state index < -0.39 is 0 Å². The van der Waals surface area contributed by atoms with Crippen LogP contribution in [0.5, 0.6) is 0 Å². The Morgan fingerprint density at radius 1 is 1.42 bits per heavy atom. The molecule has 1 saturated carbocycles. The predicted molar refractivity (Wildman–Crippen MR) is 95.2 cm³/mol. The van der Waals surface area contributed by atoms with E-state index in [4.69, 9.17) is 0 Å². The maximum absolute atomic E-state index is 13.3. The molecule has 5 nitrogen and oxygen atoms in total. The average Bonchev–Trinajstić information content (AvgIpc) is 3.18. The average molecular weight is 340 g/mol. The lowest BCUT2D eigenvalue weighted by Gasteiger charge is -2.22. The van der Waals surface area contributed by atoms with E-state index in [1.807, 2.05) is 37.9 Å². The van der Waals surface area contributed by atoms with E-state index >= 15 is 0 Å². The molecule has 0 radical (unpaired) electrons. The number of thiophene rings is 1. The van der Waals surface area contributed by atoms with Crippen molar-refractivity contribution in [3.8, 4) is 0 Å². The fourth-order valence-corrected chi connectivity index (χ4v) is 3.92. The number of carbonyl (C=O) groups excluding carboxylic acids is 1. The Morgan fingerprint density at radius 2 is 2.21 bits per heavy atom. The normalized spacial score (nSPS) is 14.3. The molecule has 1 aliphatic carbocycles. The number of fused-ring (bicyclic) bond motifs is 1. The topological polar surface area (TPSA) is 51.0 Å². The van der Waals surface area contributed by atoms with Crippen LogP contribution in [0.2, 0.25) is 0 Å². The summed E-state index contributed by atoms with van der Waals surface area (Å²) >= 11 is 1.70. The zero-order valence-electron chi connectivity index (χ0n) is 14.1. The fraction of sp³-hybridized carbons (Fsp3) is 0.389. The number of pyridine rings is 1. The first kappa shape index (κ1) is 15.3. The number of carbonyl (C=O) groups is 1. The highest BCUT2D eigenvalue weighted by Gasteiger charge is 2.34. The first-order chi connectivity index (χ1) is 11.5. The number of aromatic nitrogens is 3. The van der Waals surface area contributed by atoms with Crippen LogP contribution in [0.4, 0.5) is 0 Å². The molecule has 3 aromatic rings. The van der Waals surface area contributed by atoms with Crippen LogP contribution in [0, 0.1) is 13.8 Å². The van der Waals surface area contributed by atoms with Crippen LogP contribution < -0.4 is 0 Å². The fourth-order valence-electron chi connectivity index (χ4n) is 3.22. The van der Waals surface area contributed by atoms with Crippen molar-refractivity contribution in [3.63, 3.8) is 0 Å². The molecule has 6 heteroatoms. The summed E-state index contributed by atoms with van der Waals surface area (Å²) in [4.78, 5) is 21.2. The minimum Gasteiger partial charge on any atom is -0.330 e. The van der Waals surface area contributed by atoms with Crippen molar-refractivity contribution in [1.82, 2.24) is 19.7 Å². The predicted octanol–water partition coefficient (Wildman–Crippen LogP) is 3.45. The molecule has 24 heavy (non-hydrogen) atoms. The molecule has 3 heterocycles. The monoisotopic (exact) mass is 340 g/mol. The van der Waals surface area contributed by atoms with E-state index in [2.05, 4.69) is 21.5 Å². The Labute approximate surface area is 144 Å². The summed E-state index contributed by atoms with van der Waals surface area (Å²) in [6, 6.07) is 6.40. The van der Waals surface area contributed by atoms with Gasteiger partial charge >= 0.3 is 0 Å². The first-order valence-electron chi connectivity index (χ1n) is 8.19. The Kier molecular flexibility index (Phi) is 3.64. The zero-order valence-corrected chi connectivity index (χ0v) is 14.9. The number of aryl methyl sites for hydroxylation is 3. The molecule has 0 aromatic carbocycles. The van der Waals surface area contributed by atoms with Gasteiger partial charge in [0.25, 0.3) is 5.91 Å². The highest BCUT2D eigenvalue weighted by molar-refractivity contribution is 7.09. The zero-order chi connectivity index (χ0) is 16.8. The van der Waals surface area contributed by atoms with Crippen LogP contribution in [-0.2, 0) is 13.6 Å². The molecule has 1 aliphatic rings. The van der Waals surface area contributed by atoms with Gasteiger partial charge in [-0.15, -0.1) is 11.3 Å². The second-order valence-electron chi connectivity index (χ2n) is 6.46. The Morgan fingerprint density at radius 3 is 2.88 bits per heavy atom. The SMILES string of the molecule is Cc1cc(C(=O)N(Cc2cccs2)C2CC2)c2c(C)nn(C)c2n1. The van der Waals surface area contributed by atoms with E-state index in [-0.39, 0.29) is 5.91 Å². The molecule has 0 aliphatic heterocycles. The van der Waals surface area contributed by atoms with Crippen LogP contribution in [0.15, 0.2) is 23.6 Å². The molecule has 3 aromatic heterocycles. The van der Waals surface area contributed by atoms with Crippen molar-refractivity contribution in [2.45, 2.75) is 39.3 Å². The summed E-state index contributed by atoms with van der Waals surface area (Å²) < 4.78 is 1.76. The van der Waals surface area contributed by atoms with Gasteiger partial charge in [0, 0.05) is 23.7 Å². The van der Waals surface area contributed by atoms with Gasteiger partial charge in [-0.3, -0.25) is 9.48 Å². The molecule has 0 atom stereocenters. The van der Waals surface area contributed by atoms with Gasteiger partial charge in [0.1, 0.15) is 0 Å². The third kappa shape index (κ3) is 2.60. The summed E-state index contributed by atoms with van der Waals surface area (Å²) in [5, 5.41) is 7.40. The van der Waals surface area contributed by atoms with Crippen LogP contribution in [0.3, 0.4) is 0 Å². The summed E-state index contributed by atoms with van der Waals surface area (Å²) in [7, 11) is 1.88. The number of rotatable bonds is 4. The van der Waals surface area contributed by atoms with Crippen LogP contribution in [-0.4, -0.2) is 31.6 Å². The quantitative estimate of drug-likeness (QED) is 0.731. The lowest BCUT2D eigenvalue weighted by Crippen LogP contribution is -2.32. The number of nitrogens with zero attached hydrogens (tertiary/aromatic N) is 4. The lowest BCUT2D eigenvalue weighted by atomic mass is 10.1. The Hall–Kier alpha value is -2.21. The second kappa shape index (κ2) is 5.70. The van der Waals surface area contributed by atoms with Gasteiger partial charge in [-0.2, -0.15) is 5.10 Å². The Bertz CT molecular complexity index is 909. The lowest BCUT2D eigenvalue weighted by molar-refractivity contribution is 0.0733. The maximum Gasteiger partial charge on any atom is 0.255 e. The minimum atomic E-state index is 0.0949. The standard InChI is InChI=1S/C18H20N4OS/c1-11-9-15(16-12(2)20-21(3)17(16)19-11)18(23)22(13-6-7-13)10-14-5-4-8-24-14/h4-5,8-9,13H,6-7,10H2,1-3H3. The van der Waals surface area contributed by atoms with Gasteiger partial charge in [0.15, 0.2) is 5.65 Å². The first-order valence-corrected chi connectivity index (χ1v) is 9.07. The molecule has 1 fully saturated rings. The highest BCUT2D eigenvalue weighted by Crippen LogP contribution is 2.32. The molecule has 0 unspecified atom stereocenters. The number of hydrogen-bond donors (Lipinski definition) is 0. The molecule has 0 spiro atoms. The molecule has 0 bridgehead atoms. The maximum atomic E-state index is 13.3. The third-order valence-electron chi connectivity index (χ3n) is 4.48. The van der Waals surface area contributed by atoms with E-state index in [1.165, 1.54) is 4.88 Å². The molecule has 1 amide bonds. The van der Waals surface area contributed by atoms with Crippen molar-refractivity contribution in [2.24, 2.45) is 7.05 Å². The Balaban J connectivity index is 1.79. The summed E-state index contributed by atoms with van der Waals surface area (Å²) in [6.45, 7) is 4.56. The summed E-state index contributed by atoms with van der Waals surface area (Å²) in [5.41, 5.74) is 3.21. The van der Waals surface area contributed by atoms with E-state index in [0.29, 0.717) is 12.6 Å². The van der Waals surface area contributed by atoms with Gasteiger partial charge in [-0.25, -0.2) is 4.98 Å². The third-order valence-corrected chi connectivity index (χ3v) is 5.34. The molecule has 0 saturated heterocycles. The van der Waals surface area contributed by atoms with Crippen LogP contribution in [0.25, 0.3) is 11.0 Å². The van der Waals surface area contributed by atoms with Crippen molar-refractivity contribution in [1.29, 1.82) is 0 Å². The van der Waals surface area contributed by atoms with Crippen LogP contribution >= 0.6 is 11.3 Å². The highest BCUT2D eigenvalue weighted by atomic mass is 32.1. The van der Waals surface area contributed by atoms with Crippen molar-refractivity contribution >= 4 is 28.3 Å². The molecule has 0 N–H and O–H groups in total. The minimum absolute atomic E-state index is 0.0949. The van der Waals surface area contributed by atoms with Crippen LogP contribution in [0.1, 0.15) is 39.5 Å². The summed E-state index contributed by atoms with van der Waals surface area (Å²) in [5.74, 6) is 0.0949. The number of amides is 1. The van der Waals surface area contributed by atoms with E-state index in [9.17, 15) is 4.79 Å². The van der Waals surface area contributed by atoms with Gasteiger partial charge in [-0.1, -0.05) is 6.07 Å². The summed E-state index contributed by atoms with van der Waals surface area (Å²) in [6.07, 6.45) is 2.19. The van der Waals surface area contributed by atoms with Crippen molar-refractivity contribution < 1.29 is 4.79 Å². The largest absolute Gasteiger partial charge is 0.330 e. The van der Waals surface area contributed by atoms with Gasteiger partial charge in [-0.05, 0) is 44.2 Å². The van der Waals surface area contributed by atoms with Gasteiger partial charge < -0.3 is 4.90 Å². The van der Waals surface area contributed by atoms with Gasteiger partial charge in [0.2, 0.25) is 0 Å². The second-order valence-corrected chi connectivity index (χ2v) is 7.49. The van der Waals surface area contributed by atoms with E-state index in [0.717, 1.165) is 40.8 Å².